The summed E-state index contributed by atoms with van der Waals surface area (Å²) in [5.41, 5.74) is 1.40. The molecule has 23 heavy (non-hydrogen) atoms. The lowest BCUT2D eigenvalue weighted by Gasteiger charge is -2.43. The number of hydrogen-bond acceptors (Lipinski definition) is 4. The number of para-hydroxylation sites is 1. The first-order chi connectivity index (χ1) is 11.0. The van der Waals surface area contributed by atoms with Gasteiger partial charge in [-0.3, -0.25) is 9.59 Å². The van der Waals surface area contributed by atoms with Gasteiger partial charge in [-0.05, 0) is 34.1 Å². The van der Waals surface area contributed by atoms with Gasteiger partial charge in [-0.1, -0.05) is 12.1 Å². The van der Waals surface area contributed by atoms with Crippen molar-refractivity contribution in [2.75, 3.05) is 25.5 Å². The van der Waals surface area contributed by atoms with Gasteiger partial charge >= 0.3 is 0 Å². The topological polar surface area (TPSA) is 52.7 Å². The van der Waals surface area contributed by atoms with Crippen LogP contribution in [0.2, 0.25) is 0 Å². The first kappa shape index (κ1) is 16.0. The van der Waals surface area contributed by atoms with E-state index in [1.807, 2.05) is 34.5 Å². The fourth-order valence-corrected chi connectivity index (χ4v) is 4.36. The van der Waals surface area contributed by atoms with Crippen molar-refractivity contribution in [1.29, 1.82) is 0 Å². The summed E-state index contributed by atoms with van der Waals surface area (Å²) in [4.78, 5) is 29.4. The zero-order valence-electron chi connectivity index (χ0n) is 12.7. The van der Waals surface area contributed by atoms with Crippen LogP contribution in [-0.4, -0.2) is 37.4 Å². The molecule has 2 heterocycles. The predicted molar refractivity (Wildman–Crippen MR) is 94.7 cm³/mol. The molecule has 0 fully saturated rings. The predicted octanol–water partition coefficient (Wildman–Crippen LogP) is 2.85. The third kappa shape index (κ3) is 2.86. The number of nitrogens with zero attached hydrogens (tertiary/aromatic N) is 2. The number of rotatable bonds is 3. The highest BCUT2D eigenvalue weighted by atomic mass is 79.9. The summed E-state index contributed by atoms with van der Waals surface area (Å²) in [6.07, 6.45) is -0.300. The Balaban J connectivity index is 2.12. The maximum absolute atomic E-state index is 12.7. The summed E-state index contributed by atoms with van der Waals surface area (Å²) in [5, 5.41) is 4.63. The van der Waals surface area contributed by atoms with Crippen LogP contribution in [0, 0.1) is 0 Å². The van der Waals surface area contributed by atoms with E-state index in [0.29, 0.717) is 5.56 Å². The van der Waals surface area contributed by atoms with Crippen molar-refractivity contribution in [3.05, 3.63) is 50.6 Å². The van der Waals surface area contributed by atoms with Crippen molar-refractivity contribution in [3.63, 3.8) is 0 Å². The Morgan fingerprint density at radius 1 is 1.39 bits per heavy atom. The monoisotopic (exact) mass is 393 g/mol. The van der Waals surface area contributed by atoms with Crippen LogP contribution < -0.4 is 10.2 Å². The third-order valence-electron chi connectivity index (χ3n) is 3.86. The van der Waals surface area contributed by atoms with E-state index in [2.05, 4.69) is 21.2 Å². The van der Waals surface area contributed by atoms with Crippen molar-refractivity contribution in [2.24, 2.45) is 0 Å². The summed E-state index contributed by atoms with van der Waals surface area (Å²) in [6.45, 7) is 0.186. The van der Waals surface area contributed by atoms with E-state index in [-0.39, 0.29) is 24.5 Å². The van der Waals surface area contributed by atoms with E-state index >= 15 is 0 Å². The van der Waals surface area contributed by atoms with Gasteiger partial charge in [0.05, 0.1) is 17.8 Å². The van der Waals surface area contributed by atoms with Gasteiger partial charge < -0.3 is 15.1 Å². The van der Waals surface area contributed by atoms with Crippen molar-refractivity contribution >= 4 is 44.8 Å². The fraction of sp³-hybridized carbons (Fsp3) is 0.250. The van der Waals surface area contributed by atoms with Gasteiger partial charge in [-0.15, -0.1) is 11.3 Å². The zero-order chi connectivity index (χ0) is 16.6. The zero-order valence-corrected chi connectivity index (χ0v) is 15.1. The van der Waals surface area contributed by atoms with Gasteiger partial charge in [0.1, 0.15) is 6.17 Å². The summed E-state index contributed by atoms with van der Waals surface area (Å²) in [6, 6.07) is 9.40. The number of halogens is 1. The molecule has 0 spiro atoms. The van der Waals surface area contributed by atoms with Crippen LogP contribution in [0.15, 0.2) is 40.2 Å². The fourth-order valence-electron chi connectivity index (χ4n) is 2.76. The van der Waals surface area contributed by atoms with Gasteiger partial charge in [0.2, 0.25) is 5.91 Å². The Hall–Kier alpha value is -1.86. The number of anilines is 1. The molecule has 1 aromatic heterocycles. The van der Waals surface area contributed by atoms with Gasteiger partial charge in [-0.25, -0.2) is 0 Å². The van der Waals surface area contributed by atoms with Gasteiger partial charge in [0.15, 0.2) is 0 Å². The normalized spacial score (nSPS) is 17.2. The van der Waals surface area contributed by atoms with Gasteiger partial charge in [-0.2, -0.15) is 0 Å². The van der Waals surface area contributed by atoms with Crippen LogP contribution in [0.25, 0.3) is 0 Å². The molecular formula is C16H16BrN3O2S. The molecule has 5 nitrogen and oxygen atoms in total. The molecule has 0 radical (unpaired) electrons. The highest BCUT2D eigenvalue weighted by molar-refractivity contribution is 9.10. The molecule has 0 bridgehead atoms. The Kier molecular flexibility index (Phi) is 4.41. The first-order valence-electron chi connectivity index (χ1n) is 7.10. The highest BCUT2D eigenvalue weighted by Gasteiger charge is 2.37. The maximum Gasteiger partial charge on any atom is 0.257 e. The molecule has 2 amide bonds. The first-order valence-corrected chi connectivity index (χ1v) is 8.77. The molecule has 120 valence electrons. The number of carbonyl (C=O) groups excluding carboxylic acids is 2. The minimum Gasteiger partial charge on any atom is -0.358 e. The second kappa shape index (κ2) is 6.33. The number of thiophene rings is 1. The minimum absolute atomic E-state index is 0.0386. The molecule has 0 saturated heterocycles. The number of likely N-dealkylation sites (N-methyl/N-ethyl adjacent to an activating group) is 1. The third-order valence-corrected chi connectivity index (χ3v) is 5.59. The van der Waals surface area contributed by atoms with Crippen LogP contribution in [0.3, 0.4) is 0 Å². The number of benzene rings is 1. The molecule has 1 N–H and O–H groups in total. The summed E-state index contributed by atoms with van der Waals surface area (Å²) < 4.78 is 0.970. The van der Waals surface area contributed by atoms with Crippen molar-refractivity contribution in [3.8, 4) is 0 Å². The molecule has 1 aromatic carbocycles. The minimum atomic E-state index is -0.300. The van der Waals surface area contributed by atoms with E-state index in [1.165, 1.54) is 0 Å². The number of carbonyl (C=O) groups is 2. The SMILES string of the molecule is CNC(=O)CN1c2ccccc2C(=O)N(C)C1c1cc(Br)cs1. The van der Waals surface area contributed by atoms with Crippen LogP contribution in [0.1, 0.15) is 21.4 Å². The Morgan fingerprint density at radius 3 is 2.78 bits per heavy atom. The molecule has 7 heteroatoms. The second-order valence-electron chi connectivity index (χ2n) is 5.28. The maximum atomic E-state index is 12.7. The largest absolute Gasteiger partial charge is 0.358 e. The lowest BCUT2D eigenvalue weighted by molar-refractivity contribution is -0.119. The van der Waals surface area contributed by atoms with Crippen LogP contribution in [-0.2, 0) is 4.79 Å². The number of nitrogens with one attached hydrogen (secondary N) is 1. The van der Waals surface area contributed by atoms with Crippen LogP contribution in [0.5, 0.6) is 0 Å². The summed E-state index contributed by atoms with van der Waals surface area (Å²) >= 11 is 5.02. The molecule has 1 atom stereocenters. The average Bonchev–Trinajstić information content (AvgIpc) is 2.98. The van der Waals surface area contributed by atoms with E-state index in [9.17, 15) is 9.59 Å². The van der Waals surface area contributed by atoms with E-state index in [4.69, 9.17) is 0 Å². The smallest absolute Gasteiger partial charge is 0.257 e. The molecule has 1 aliphatic rings. The molecule has 3 rings (SSSR count). The van der Waals surface area contributed by atoms with Gasteiger partial charge in [0.25, 0.3) is 5.91 Å². The molecule has 2 aromatic rings. The van der Waals surface area contributed by atoms with Gasteiger partial charge in [0, 0.05) is 28.8 Å². The van der Waals surface area contributed by atoms with E-state index in [0.717, 1.165) is 15.0 Å². The Labute approximate surface area is 147 Å². The van der Waals surface area contributed by atoms with E-state index in [1.54, 1.807) is 36.4 Å². The van der Waals surface area contributed by atoms with Crippen molar-refractivity contribution < 1.29 is 9.59 Å². The average molecular weight is 394 g/mol. The lowest BCUT2D eigenvalue weighted by atomic mass is 10.0. The molecule has 1 aliphatic heterocycles. The Bertz CT molecular complexity index is 761. The second-order valence-corrected chi connectivity index (χ2v) is 7.13. The standard InChI is InChI=1S/C16H16BrN3O2S/c1-18-14(21)8-20-12-6-4-3-5-11(12)16(22)19(2)15(20)13-7-10(17)9-23-13/h3-7,9,15H,8H2,1-2H3,(H,18,21). The van der Waals surface area contributed by atoms with E-state index < -0.39 is 0 Å². The van der Waals surface area contributed by atoms with Crippen molar-refractivity contribution in [2.45, 2.75) is 6.17 Å². The molecule has 0 aliphatic carbocycles. The lowest BCUT2D eigenvalue weighted by Crippen LogP contribution is -2.50. The highest BCUT2D eigenvalue weighted by Crippen LogP contribution is 2.40. The summed E-state index contributed by atoms with van der Waals surface area (Å²) in [5.74, 6) is -0.133. The number of fused-ring (bicyclic) bond motifs is 1. The molecular weight excluding hydrogens is 378 g/mol. The number of amides is 2. The number of hydrogen-bond donors (Lipinski definition) is 1. The Morgan fingerprint density at radius 2 is 2.13 bits per heavy atom. The summed E-state index contributed by atoms with van der Waals surface area (Å²) in [7, 11) is 3.39. The van der Waals surface area contributed by atoms with Crippen LogP contribution >= 0.6 is 27.3 Å². The van der Waals surface area contributed by atoms with Crippen molar-refractivity contribution in [1.82, 2.24) is 10.2 Å². The van der Waals surface area contributed by atoms with Crippen LogP contribution in [0.4, 0.5) is 5.69 Å². The molecule has 0 saturated carbocycles. The molecule has 1 unspecified atom stereocenters. The quantitative estimate of drug-likeness (QED) is 0.871.